The predicted molar refractivity (Wildman–Crippen MR) is 133 cm³/mol. The van der Waals surface area contributed by atoms with Crippen LogP contribution in [0.4, 0.5) is 5.88 Å². The molecule has 36 heavy (non-hydrogen) atoms. The molecule has 0 spiro atoms. The van der Waals surface area contributed by atoms with Gasteiger partial charge in [0, 0.05) is 28.9 Å². The van der Waals surface area contributed by atoms with Crippen LogP contribution in [-0.4, -0.2) is 23.9 Å². The second-order valence-electron chi connectivity index (χ2n) is 8.01. The molecule has 178 valence electrons. The van der Waals surface area contributed by atoms with Gasteiger partial charge in [0.15, 0.2) is 11.5 Å². The van der Waals surface area contributed by atoms with Crippen LogP contribution in [0.5, 0.6) is 0 Å². The molecule has 0 aliphatic rings. The van der Waals surface area contributed by atoms with Crippen molar-refractivity contribution in [2.75, 3.05) is 7.11 Å². The normalized spacial score (nSPS) is 11.2. The highest BCUT2D eigenvalue weighted by Gasteiger charge is 2.26. The lowest BCUT2D eigenvalue weighted by atomic mass is 10.1. The summed E-state index contributed by atoms with van der Waals surface area (Å²) in [5.74, 6) is 1.09. The molecule has 0 radical (unpaired) electrons. The lowest BCUT2D eigenvalue weighted by molar-refractivity contribution is 0.0600. The summed E-state index contributed by atoms with van der Waals surface area (Å²) in [5.41, 5.74) is 4.88. The maximum atomic E-state index is 11.8. The molecule has 8 heteroatoms. The number of methoxy groups -OCH3 is 1. The summed E-state index contributed by atoms with van der Waals surface area (Å²) >= 11 is 0. The van der Waals surface area contributed by atoms with E-state index in [4.69, 9.17) is 18.0 Å². The van der Waals surface area contributed by atoms with E-state index in [1.54, 1.807) is 42.6 Å². The van der Waals surface area contributed by atoms with E-state index in [1.165, 1.54) is 19.6 Å². The maximum absolute atomic E-state index is 11.8. The molecule has 0 N–H and O–H groups in total. The highest BCUT2D eigenvalue weighted by molar-refractivity contribution is 5.90. The summed E-state index contributed by atoms with van der Waals surface area (Å²) in [6, 6.07) is 18.3. The number of esters is 1. The Balaban J connectivity index is 1.54. The zero-order valence-electron chi connectivity index (χ0n) is 19.8. The average Bonchev–Trinajstić information content (AvgIpc) is 3.69. The first-order valence-electron chi connectivity index (χ1n) is 11.1. The van der Waals surface area contributed by atoms with Crippen molar-refractivity contribution in [1.29, 1.82) is 5.26 Å². The quantitative estimate of drug-likeness (QED) is 0.200. The van der Waals surface area contributed by atoms with E-state index in [2.05, 4.69) is 15.6 Å². The van der Waals surface area contributed by atoms with Crippen molar-refractivity contribution in [2.45, 2.75) is 13.8 Å². The fraction of sp³-hybridized carbons (Fsp3) is 0.107. The molecule has 4 heterocycles. The number of nitrogens with zero attached hydrogens (tertiary/aromatic N) is 3. The Morgan fingerprint density at radius 2 is 1.75 bits per heavy atom. The molecule has 0 atom stereocenters. The SMILES string of the molecule is COC(=O)c1ccc(-n2c(C)cc(C=Nc3oc(-c4ccco4)c(-c4ccco4)c3C#N)c2C)cc1. The maximum Gasteiger partial charge on any atom is 0.337 e. The summed E-state index contributed by atoms with van der Waals surface area (Å²) in [6.45, 7) is 3.95. The molecule has 0 saturated heterocycles. The summed E-state index contributed by atoms with van der Waals surface area (Å²) < 4.78 is 23.9. The van der Waals surface area contributed by atoms with E-state index in [9.17, 15) is 10.1 Å². The number of aromatic nitrogens is 1. The zero-order valence-corrected chi connectivity index (χ0v) is 19.8. The Bertz CT molecular complexity index is 1590. The van der Waals surface area contributed by atoms with Crippen molar-refractivity contribution < 1.29 is 22.8 Å². The molecular weight excluding hydrogens is 458 g/mol. The molecule has 0 aliphatic carbocycles. The number of hydrogen-bond acceptors (Lipinski definition) is 7. The monoisotopic (exact) mass is 479 g/mol. The Morgan fingerprint density at radius 3 is 2.36 bits per heavy atom. The van der Waals surface area contributed by atoms with Crippen LogP contribution in [-0.2, 0) is 4.74 Å². The summed E-state index contributed by atoms with van der Waals surface area (Å²) in [5, 5.41) is 9.94. The zero-order chi connectivity index (χ0) is 25.2. The van der Waals surface area contributed by atoms with Crippen LogP contribution in [0.25, 0.3) is 28.5 Å². The predicted octanol–water partition coefficient (Wildman–Crippen LogP) is 6.62. The van der Waals surface area contributed by atoms with Crippen molar-refractivity contribution in [3.8, 4) is 34.6 Å². The molecule has 4 aromatic heterocycles. The molecule has 0 amide bonds. The van der Waals surface area contributed by atoms with Crippen LogP contribution in [0, 0.1) is 25.2 Å². The second-order valence-corrected chi connectivity index (χ2v) is 8.01. The van der Waals surface area contributed by atoms with Gasteiger partial charge in [-0.15, -0.1) is 0 Å². The van der Waals surface area contributed by atoms with Gasteiger partial charge in [0.1, 0.15) is 17.4 Å². The molecular formula is C28H21N3O5. The number of aliphatic imine (C=N–C) groups is 1. The van der Waals surface area contributed by atoms with Gasteiger partial charge in [0.2, 0.25) is 5.88 Å². The molecule has 8 nitrogen and oxygen atoms in total. The minimum absolute atomic E-state index is 0.155. The molecule has 0 saturated carbocycles. The first-order valence-corrected chi connectivity index (χ1v) is 11.1. The molecule has 0 aliphatic heterocycles. The molecule has 0 unspecified atom stereocenters. The van der Waals surface area contributed by atoms with Crippen LogP contribution in [0.1, 0.15) is 32.9 Å². The molecule has 1 aromatic carbocycles. The molecule has 5 aromatic rings. The number of benzene rings is 1. The number of carbonyl (C=O) groups excluding carboxylic acids is 1. The van der Waals surface area contributed by atoms with Gasteiger partial charge in [-0.1, -0.05) is 0 Å². The highest BCUT2D eigenvalue weighted by Crippen LogP contribution is 2.42. The number of rotatable bonds is 6. The van der Waals surface area contributed by atoms with E-state index >= 15 is 0 Å². The van der Waals surface area contributed by atoms with Gasteiger partial charge in [-0.3, -0.25) is 0 Å². The van der Waals surface area contributed by atoms with Gasteiger partial charge >= 0.3 is 5.97 Å². The number of nitriles is 1. The van der Waals surface area contributed by atoms with Gasteiger partial charge in [0.05, 0.1) is 30.8 Å². The van der Waals surface area contributed by atoms with E-state index < -0.39 is 0 Å². The standard InChI is InChI=1S/C28H21N3O5/c1-17-14-20(18(2)31(17)21-10-8-19(9-11-21)28(32)33-3)16-30-27-22(15-29)25(23-6-4-12-34-23)26(36-27)24-7-5-13-35-24/h4-14,16H,1-3H3. The van der Waals surface area contributed by atoms with E-state index in [1.807, 2.05) is 32.0 Å². The van der Waals surface area contributed by atoms with E-state index in [0.717, 1.165) is 22.6 Å². The van der Waals surface area contributed by atoms with Gasteiger partial charge in [0.25, 0.3) is 0 Å². The van der Waals surface area contributed by atoms with Crippen LogP contribution in [0.2, 0.25) is 0 Å². The Kier molecular flexibility index (Phi) is 5.88. The third-order valence-corrected chi connectivity index (χ3v) is 5.85. The van der Waals surface area contributed by atoms with Crippen LogP contribution in [0.15, 0.2) is 85.4 Å². The summed E-state index contributed by atoms with van der Waals surface area (Å²) in [4.78, 5) is 16.3. The van der Waals surface area contributed by atoms with Crippen molar-refractivity contribution in [1.82, 2.24) is 4.57 Å². The number of furan rings is 3. The number of carbonyl (C=O) groups is 1. The fourth-order valence-electron chi connectivity index (χ4n) is 4.16. The topological polar surface area (TPSA) is 107 Å². The Labute approximate surface area is 206 Å². The van der Waals surface area contributed by atoms with Gasteiger partial charge < -0.3 is 22.6 Å². The largest absolute Gasteiger partial charge is 0.465 e. The lowest BCUT2D eigenvalue weighted by Gasteiger charge is -2.10. The fourth-order valence-corrected chi connectivity index (χ4v) is 4.16. The minimum Gasteiger partial charge on any atom is -0.465 e. The van der Waals surface area contributed by atoms with Gasteiger partial charge in [-0.25, -0.2) is 9.79 Å². The molecule has 5 rings (SSSR count). The number of ether oxygens (including phenoxy) is 1. The number of hydrogen-bond donors (Lipinski definition) is 0. The van der Waals surface area contributed by atoms with Crippen molar-refractivity contribution in [3.05, 3.63) is 95.2 Å². The molecule has 0 bridgehead atoms. The second kappa shape index (κ2) is 9.31. The van der Waals surface area contributed by atoms with Crippen LogP contribution < -0.4 is 0 Å². The Hall–Kier alpha value is -5.03. The first kappa shape index (κ1) is 22.7. The van der Waals surface area contributed by atoms with Crippen LogP contribution >= 0.6 is 0 Å². The number of aryl methyl sites for hydroxylation is 1. The average molecular weight is 479 g/mol. The summed E-state index contributed by atoms with van der Waals surface area (Å²) in [7, 11) is 1.36. The van der Waals surface area contributed by atoms with E-state index in [-0.39, 0.29) is 17.4 Å². The minimum atomic E-state index is -0.384. The smallest absolute Gasteiger partial charge is 0.337 e. The third-order valence-electron chi connectivity index (χ3n) is 5.85. The van der Waals surface area contributed by atoms with Gasteiger partial charge in [-0.2, -0.15) is 5.26 Å². The lowest BCUT2D eigenvalue weighted by Crippen LogP contribution is -2.03. The van der Waals surface area contributed by atoms with Crippen molar-refractivity contribution >= 4 is 18.1 Å². The van der Waals surface area contributed by atoms with Crippen molar-refractivity contribution in [3.63, 3.8) is 0 Å². The highest BCUT2D eigenvalue weighted by atomic mass is 16.5. The third kappa shape index (κ3) is 3.93. The summed E-state index contributed by atoms with van der Waals surface area (Å²) in [6.07, 6.45) is 4.73. The Morgan fingerprint density at radius 1 is 1.06 bits per heavy atom. The van der Waals surface area contributed by atoms with Gasteiger partial charge in [-0.05, 0) is 68.4 Å². The van der Waals surface area contributed by atoms with Crippen LogP contribution in [0.3, 0.4) is 0 Å². The van der Waals surface area contributed by atoms with Crippen molar-refractivity contribution in [2.24, 2.45) is 4.99 Å². The van der Waals surface area contributed by atoms with E-state index in [0.29, 0.717) is 28.4 Å². The first-order chi connectivity index (χ1) is 17.5. The molecule has 0 fully saturated rings.